The first-order valence-electron chi connectivity index (χ1n) is 13.8. The van der Waals surface area contributed by atoms with Gasteiger partial charge in [0.2, 0.25) is 11.7 Å². The average Bonchev–Trinajstić information content (AvgIpc) is 3.50. The fourth-order valence-electron chi connectivity index (χ4n) is 6.70. The molecular formula is C31H44N3O+. The first-order valence-corrected chi connectivity index (χ1v) is 13.8. The van der Waals surface area contributed by atoms with Crippen LogP contribution in [0.3, 0.4) is 0 Å². The quantitative estimate of drug-likeness (QED) is 0.315. The lowest BCUT2D eigenvalue weighted by atomic mass is 9.64. The van der Waals surface area contributed by atoms with Gasteiger partial charge in [0.15, 0.2) is 0 Å². The summed E-state index contributed by atoms with van der Waals surface area (Å²) in [6, 6.07) is 20.9. The highest BCUT2D eigenvalue weighted by Crippen LogP contribution is 2.48. The van der Waals surface area contributed by atoms with Crippen LogP contribution in [0.1, 0.15) is 82.8 Å². The highest BCUT2D eigenvalue weighted by molar-refractivity contribution is 5.91. The van der Waals surface area contributed by atoms with Gasteiger partial charge < -0.3 is 5.73 Å². The lowest BCUT2D eigenvalue weighted by molar-refractivity contribution is -0.519. The molecule has 4 heteroatoms. The lowest BCUT2D eigenvalue weighted by Gasteiger charge is -2.37. The summed E-state index contributed by atoms with van der Waals surface area (Å²) in [7, 11) is 0. The van der Waals surface area contributed by atoms with Crippen molar-refractivity contribution in [1.29, 1.82) is 0 Å². The van der Waals surface area contributed by atoms with Crippen LogP contribution in [0.5, 0.6) is 0 Å². The molecule has 2 aliphatic rings. The summed E-state index contributed by atoms with van der Waals surface area (Å²) in [5, 5.41) is 0. The second kappa shape index (κ2) is 11.9. The number of nitrogens with two attached hydrogens (primary N) is 1. The van der Waals surface area contributed by atoms with Crippen LogP contribution in [0.25, 0.3) is 0 Å². The third-order valence-corrected chi connectivity index (χ3v) is 8.57. The van der Waals surface area contributed by atoms with Gasteiger partial charge in [0.05, 0.1) is 12.6 Å². The lowest BCUT2D eigenvalue weighted by Crippen LogP contribution is -2.48. The van der Waals surface area contributed by atoms with Crippen LogP contribution < -0.4 is 5.73 Å². The van der Waals surface area contributed by atoms with Gasteiger partial charge in [-0.05, 0) is 49.1 Å². The number of rotatable bonds is 12. The van der Waals surface area contributed by atoms with Crippen LogP contribution in [0.2, 0.25) is 0 Å². The maximum atomic E-state index is 13.4. The predicted molar refractivity (Wildman–Crippen MR) is 145 cm³/mol. The third-order valence-electron chi connectivity index (χ3n) is 8.57. The van der Waals surface area contributed by atoms with Crippen molar-refractivity contribution >= 4 is 11.7 Å². The fraction of sp³-hybridized carbons (Fsp3) is 0.548. The van der Waals surface area contributed by atoms with Crippen LogP contribution in [0.4, 0.5) is 0 Å². The number of hydrogen-bond acceptors (Lipinski definition) is 2. The molecule has 35 heavy (non-hydrogen) atoms. The van der Waals surface area contributed by atoms with Crippen molar-refractivity contribution in [3.8, 4) is 0 Å². The third kappa shape index (κ3) is 5.32. The van der Waals surface area contributed by atoms with Gasteiger partial charge in [-0.25, -0.2) is 0 Å². The Morgan fingerprint density at radius 1 is 0.943 bits per heavy atom. The normalized spacial score (nSPS) is 20.6. The van der Waals surface area contributed by atoms with E-state index in [1.54, 1.807) is 0 Å². The standard InChI is InChI=1S/C31H43N3O/c1-3-4-5-6-7-14-21-33-22-23-34(25(33)2)29-20-19-28(24-29)31(30(32)35,26-15-10-8-11-16-26)27-17-12-9-13-18-27/h8-13,15-18,28-29H,3-7,14,19-24H2,1-2H3,(H-,32,35)/p+1/t28-,29+/m0/s1. The molecule has 1 aliphatic heterocycles. The molecule has 0 bridgehead atoms. The predicted octanol–water partition coefficient (Wildman–Crippen LogP) is 5.73. The van der Waals surface area contributed by atoms with E-state index in [-0.39, 0.29) is 11.8 Å². The van der Waals surface area contributed by atoms with Crippen LogP contribution in [0.15, 0.2) is 60.7 Å². The first kappa shape index (κ1) is 25.5. The van der Waals surface area contributed by atoms with E-state index in [9.17, 15) is 4.79 Å². The number of primary amides is 1. The number of benzene rings is 2. The number of nitrogens with zero attached hydrogens (tertiary/aromatic N) is 2. The summed E-state index contributed by atoms with van der Waals surface area (Å²) in [6.45, 7) is 7.97. The van der Waals surface area contributed by atoms with Crippen molar-refractivity contribution in [2.75, 3.05) is 19.6 Å². The molecule has 1 heterocycles. The van der Waals surface area contributed by atoms with Crippen LogP contribution in [0, 0.1) is 5.92 Å². The average molecular weight is 475 g/mol. The molecule has 1 fully saturated rings. The smallest absolute Gasteiger partial charge is 0.244 e. The van der Waals surface area contributed by atoms with E-state index in [1.807, 2.05) is 36.4 Å². The summed E-state index contributed by atoms with van der Waals surface area (Å²) < 4.78 is 2.59. The molecule has 2 atom stereocenters. The van der Waals surface area contributed by atoms with E-state index in [4.69, 9.17) is 5.73 Å². The molecule has 0 unspecified atom stereocenters. The Balaban J connectivity index is 1.51. The zero-order valence-electron chi connectivity index (χ0n) is 21.8. The van der Waals surface area contributed by atoms with E-state index in [1.165, 1.54) is 50.9 Å². The number of carbonyl (C=O) groups is 1. The molecule has 2 aromatic carbocycles. The largest absolute Gasteiger partial charge is 0.369 e. The molecule has 4 rings (SSSR count). The van der Waals surface area contributed by atoms with Gasteiger partial charge in [-0.2, -0.15) is 0 Å². The van der Waals surface area contributed by atoms with Crippen molar-refractivity contribution in [1.82, 2.24) is 4.90 Å². The molecular weight excluding hydrogens is 430 g/mol. The summed E-state index contributed by atoms with van der Waals surface area (Å²) in [6.07, 6.45) is 11.2. The summed E-state index contributed by atoms with van der Waals surface area (Å²) in [5.41, 5.74) is 7.56. The Morgan fingerprint density at radius 2 is 1.54 bits per heavy atom. The molecule has 0 aromatic heterocycles. The monoisotopic (exact) mass is 474 g/mol. The topological polar surface area (TPSA) is 49.3 Å². The Bertz CT molecular complexity index is 945. The highest BCUT2D eigenvalue weighted by atomic mass is 16.1. The molecule has 1 aliphatic carbocycles. The summed E-state index contributed by atoms with van der Waals surface area (Å²) in [4.78, 5) is 16.0. The minimum absolute atomic E-state index is 0.190. The van der Waals surface area contributed by atoms with Crippen molar-refractivity contribution < 1.29 is 9.37 Å². The Labute approximate surface area is 212 Å². The van der Waals surface area contributed by atoms with E-state index in [2.05, 4.69) is 47.6 Å². The van der Waals surface area contributed by atoms with E-state index < -0.39 is 5.41 Å². The summed E-state index contributed by atoms with van der Waals surface area (Å²) >= 11 is 0. The van der Waals surface area contributed by atoms with E-state index >= 15 is 0 Å². The highest BCUT2D eigenvalue weighted by Gasteiger charge is 2.52. The number of amides is 1. The molecule has 0 saturated heterocycles. The van der Waals surface area contributed by atoms with Gasteiger partial charge in [-0.1, -0.05) is 93.3 Å². The fourth-order valence-corrected chi connectivity index (χ4v) is 6.70. The van der Waals surface area contributed by atoms with E-state index in [0.717, 1.165) is 43.5 Å². The molecule has 188 valence electrons. The van der Waals surface area contributed by atoms with Gasteiger partial charge >= 0.3 is 0 Å². The molecule has 2 aromatic rings. The van der Waals surface area contributed by atoms with Crippen molar-refractivity contribution in [3.63, 3.8) is 0 Å². The zero-order valence-corrected chi connectivity index (χ0v) is 21.8. The molecule has 1 amide bonds. The van der Waals surface area contributed by atoms with Gasteiger partial charge in [-0.15, -0.1) is 0 Å². The Morgan fingerprint density at radius 3 is 2.14 bits per heavy atom. The maximum Gasteiger partial charge on any atom is 0.244 e. The number of unbranched alkanes of at least 4 members (excludes halogenated alkanes) is 5. The van der Waals surface area contributed by atoms with Crippen molar-refractivity contribution in [3.05, 3.63) is 71.8 Å². The molecule has 0 spiro atoms. The second-order valence-corrected chi connectivity index (χ2v) is 10.6. The van der Waals surface area contributed by atoms with Crippen LogP contribution in [-0.2, 0) is 10.2 Å². The molecule has 0 radical (unpaired) electrons. The Kier molecular flexibility index (Phi) is 8.64. The van der Waals surface area contributed by atoms with Gasteiger partial charge in [0, 0.05) is 6.92 Å². The van der Waals surface area contributed by atoms with Crippen molar-refractivity contribution in [2.45, 2.75) is 83.1 Å². The van der Waals surface area contributed by atoms with Crippen molar-refractivity contribution in [2.24, 2.45) is 11.7 Å². The van der Waals surface area contributed by atoms with Crippen LogP contribution in [-0.4, -0.2) is 46.9 Å². The SMILES string of the molecule is CCCCCCCC[N+]1=C(C)N([C@@H]2CC[C@H](C(C(N)=O)(c3ccccc3)c3ccccc3)C2)CC1. The molecule has 1 saturated carbocycles. The van der Waals surface area contributed by atoms with Gasteiger partial charge in [0.1, 0.15) is 18.5 Å². The second-order valence-electron chi connectivity index (χ2n) is 10.6. The Hall–Kier alpha value is -2.62. The number of carbonyl (C=O) groups excluding carboxylic acids is 1. The molecule has 4 nitrogen and oxygen atoms in total. The maximum absolute atomic E-state index is 13.4. The number of amidine groups is 1. The minimum Gasteiger partial charge on any atom is -0.369 e. The summed E-state index contributed by atoms with van der Waals surface area (Å²) in [5.74, 6) is 1.39. The van der Waals surface area contributed by atoms with Crippen LogP contribution >= 0.6 is 0 Å². The van der Waals surface area contributed by atoms with E-state index in [0.29, 0.717) is 6.04 Å². The first-order chi connectivity index (χ1) is 17.1. The zero-order chi connectivity index (χ0) is 24.7. The molecule has 2 N–H and O–H groups in total. The minimum atomic E-state index is -0.789. The van der Waals surface area contributed by atoms with Gasteiger partial charge in [0.25, 0.3) is 0 Å². The number of hydrogen-bond donors (Lipinski definition) is 1. The van der Waals surface area contributed by atoms with Gasteiger partial charge in [-0.3, -0.25) is 14.3 Å².